The average molecular weight is 363 g/mol. The Labute approximate surface area is 154 Å². The molecule has 6 heteroatoms. The highest BCUT2D eigenvalue weighted by Gasteiger charge is 2.21. The van der Waals surface area contributed by atoms with Crippen molar-refractivity contribution in [1.82, 2.24) is 20.0 Å². The third-order valence-electron chi connectivity index (χ3n) is 4.85. The lowest BCUT2D eigenvalue weighted by Gasteiger charge is -2.34. The van der Waals surface area contributed by atoms with Crippen LogP contribution in [0.5, 0.6) is 0 Å². The molecule has 136 valence electrons. The minimum absolute atomic E-state index is 0.00893. The Kier molecular flexibility index (Phi) is 5.97. The molecule has 1 aliphatic heterocycles. The summed E-state index contributed by atoms with van der Waals surface area (Å²) in [6.07, 6.45) is 4.02. The van der Waals surface area contributed by atoms with Crippen LogP contribution in [-0.4, -0.2) is 46.8 Å². The molecule has 1 N–H and O–H groups in total. The summed E-state index contributed by atoms with van der Waals surface area (Å²) in [4.78, 5) is 14.7. The van der Waals surface area contributed by atoms with E-state index in [1.165, 1.54) is 19.5 Å². The number of hydrogen-bond donors (Lipinski definition) is 1. The smallest absolute Gasteiger partial charge is 0.241 e. The summed E-state index contributed by atoms with van der Waals surface area (Å²) < 4.78 is 1.70. The first kappa shape index (κ1) is 18.2. The highest BCUT2D eigenvalue weighted by molar-refractivity contribution is 6.35. The number of carbonyl (C=O) groups is 1. The molecule has 5 nitrogen and oxygen atoms in total. The number of nitrogens with zero attached hydrogens (tertiary/aromatic N) is 3. The van der Waals surface area contributed by atoms with Gasteiger partial charge in [0.25, 0.3) is 0 Å². The Morgan fingerprint density at radius 2 is 2.08 bits per heavy atom. The van der Waals surface area contributed by atoms with E-state index >= 15 is 0 Å². The molecule has 0 spiro atoms. The van der Waals surface area contributed by atoms with Crippen LogP contribution in [0.15, 0.2) is 24.4 Å². The van der Waals surface area contributed by atoms with Crippen LogP contribution in [0.25, 0.3) is 10.9 Å². The first-order chi connectivity index (χ1) is 12.0. The predicted octanol–water partition coefficient (Wildman–Crippen LogP) is 3.17. The second-order valence-electron chi connectivity index (χ2n) is 7.38. The molecule has 1 aromatic carbocycles. The van der Waals surface area contributed by atoms with Crippen LogP contribution >= 0.6 is 11.6 Å². The summed E-state index contributed by atoms with van der Waals surface area (Å²) in [6.45, 7) is 8.99. The van der Waals surface area contributed by atoms with Crippen LogP contribution in [0.3, 0.4) is 0 Å². The third kappa shape index (κ3) is 4.73. The molecule has 0 radical (unpaired) electrons. The average Bonchev–Trinajstić information content (AvgIpc) is 2.95. The molecule has 1 saturated heterocycles. The maximum absolute atomic E-state index is 12.2. The fraction of sp³-hybridized carbons (Fsp3) is 0.579. The molecule has 2 aromatic rings. The topological polar surface area (TPSA) is 50.2 Å². The summed E-state index contributed by atoms with van der Waals surface area (Å²) in [5, 5.41) is 8.82. The summed E-state index contributed by atoms with van der Waals surface area (Å²) >= 11 is 6.15. The van der Waals surface area contributed by atoms with Crippen molar-refractivity contribution in [2.75, 3.05) is 26.2 Å². The zero-order valence-electron chi connectivity index (χ0n) is 15.0. The number of rotatable bonds is 6. The Bertz CT molecular complexity index is 719. The number of amides is 1. The Balaban J connectivity index is 1.43. The monoisotopic (exact) mass is 362 g/mol. The van der Waals surface area contributed by atoms with E-state index < -0.39 is 0 Å². The fourth-order valence-electron chi connectivity index (χ4n) is 3.89. The number of carbonyl (C=O) groups excluding carboxylic acids is 1. The molecule has 0 bridgehead atoms. The number of nitrogens with one attached hydrogen (secondary N) is 1. The first-order valence-corrected chi connectivity index (χ1v) is 9.50. The number of halogens is 1. The minimum atomic E-state index is -0.00893. The number of benzene rings is 1. The molecule has 0 saturated carbocycles. The van der Waals surface area contributed by atoms with E-state index in [4.69, 9.17) is 11.6 Å². The van der Waals surface area contributed by atoms with E-state index in [9.17, 15) is 4.79 Å². The summed E-state index contributed by atoms with van der Waals surface area (Å²) in [5.74, 6) is 1.54. The van der Waals surface area contributed by atoms with Crippen molar-refractivity contribution in [3.05, 3.63) is 29.4 Å². The first-order valence-electron chi connectivity index (χ1n) is 9.12. The summed E-state index contributed by atoms with van der Waals surface area (Å²) in [6, 6.07) is 5.64. The van der Waals surface area contributed by atoms with E-state index in [0.29, 0.717) is 11.6 Å². The fourth-order valence-corrected chi connectivity index (χ4v) is 4.11. The van der Waals surface area contributed by atoms with Crippen molar-refractivity contribution in [2.45, 2.75) is 33.2 Å². The van der Waals surface area contributed by atoms with Gasteiger partial charge in [-0.25, -0.2) is 0 Å². The normalized spacial score (nSPS) is 21.6. The molecular formula is C19H27ClN4O. The van der Waals surface area contributed by atoms with Crippen molar-refractivity contribution in [3.8, 4) is 0 Å². The lowest BCUT2D eigenvalue weighted by molar-refractivity contribution is -0.121. The Hall–Kier alpha value is -1.59. The molecule has 0 aliphatic carbocycles. The molecule has 25 heavy (non-hydrogen) atoms. The maximum atomic E-state index is 12.2. The Morgan fingerprint density at radius 1 is 1.32 bits per heavy atom. The number of hydrogen-bond acceptors (Lipinski definition) is 3. The van der Waals surface area contributed by atoms with Gasteiger partial charge in [-0.05, 0) is 43.4 Å². The van der Waals surface area contributed by atoms with Crippen LogP contribution in [0.4, 0.5) is 0 Å². The van der Waals surface area contributed by atoms with Gasteiger partial charge in [0.1, 0.15) is 6.54 Å². The van der Waals surface area contributed by atoms with Crippen LogP contribution in [-0.2, 0) is 11.3 Å². The van der Waals surface area contributed by atoms with Gasteiger partial charge in [-0.15, -0.1) is 0 Å². The summed E-state index contributed by atoms with van der Waals surface area (Å²) in [7, 11) is 0. The largest absolute Gasteiger partial charge is 0.354 e. The third-order valence-corrected chi connectivity index (χ3v) is 5.17. The highest BCUT2D eigenvalue weighted by atomic mass is 35.5. The highest BCUT2D eigenvalue weighted by Crippen LogP contribution is 2.22. The van der Waals surface area contributed by atoms with Crippen LogP contribution in [0.1, 0.15) is 26.7 Å². The molecule has 1 amide bonds. The quantitative estimate of drug-likeness (QED) is 0.803. The number of likely N-dealkylation sites (tertiary alicyclic amines) is 1. The maximum Gasteiger partial charge on any atom is 0.241 e. The molecule has 1 fully saturated rings. The zero-order valence-corrected chi connectivity index (χ0v) is 15.8. The van der Waals surface area contributed by atoms with Crippen LogP contribution in [0.2, 0.25) is 5.02 Å². The van der Waals surface area contributed by atoms with Crippen molar-refractivity contribution >= 4 is 28.4 Å². The molecule has 1 aromatic heterocycles. The lowest BCUT2D eigenvalue weighted by Crippen LogP contribution is -2.40. The molecule has 1 aliphatic rings. The molecule has 2 atom stereocenters. The van der Waals surface area contributed by atoms with Gasteiger partial charge < -0.3 is 10.2 Å². The van der Waals surface area contributed by atoms with Crippen molar-refractivity contribution in [2.24, 2.45) is 11.8 Å². The molecular weight excluding hydrogens is 336 g/mol. The van der Waals surface area contributed by atoms with Crippen molar-refractivity contribution < 1.29 is 4.79 Å². The van der Waals surface area contributed by atoms with Gasteiger partial charge in [0.15, 0.2) is 0 Å². The predicted molar refractivity (Wildman–Crippen MR) is 102 cm³/mol. The number of fused-ring (bicyclic) bond motifs is 1. The van der Waals surface area contributed by atoms with E-state index in [1.807, 2.05) is 18.2 Å². The summed E-state index contributed by atoms with van der Waals surface area (Å²) in [5.41, 5.74) is 0.888. The van der Waals surface area contributed by atoms with Crippen molar-refractivity contribution in [3.63, 3.8) is 0 Å². The zero-order chi connectivity index (χ0) is 17.8. The second-order valence-corrected chi connectivity index (χ2v) is 7.79. The van der Waals surface area contributed by atoms with E-state index in [0.717, 1.165) is 35.7 Å². The van der Waals surface area contributed by atoms with E-state index in [-0.39, 0.29) is 12.5 Å². The number of aromatic nitrogens is 2. The number of piperidine rings is 1. The van der Waals surface area contributed by atoms with Gasteiger partial charge in [-0.3, -0.25) is 9.48 Å². The lowest BCUT2D eigenvalue weighted by atomic mass is 9.92. The standard InChI is InChI=1S/C19H27ClN4O/c1-14-9-15(2)12-23(11-14)8-4-7-21-19(25)13-24-18-6-3-5-17(20)16(18)10-22-24/h3,5-6,10,14-15H,4,7-9,11-13H2,1-2H3,(H,21,25)/t14-,15-/m0/s1. The van der Waals surface area contributed by atoms with Gasteiger partial charge >= 0.3 is 0 Å². The van der Waals surface area contributed by atoms with Crippen LogP contribution < -0.4 is 5.32 Å². The SMILES string of the molecule is C[C@H]1C[C@H](C)CN(CCCNC(=O)Cn2ncc3c(Cl)cccc32)C1. The molecule has 3 rings (SSSR count). The van der Waals surface area contributed by atoms with Gasteiger partial charge in [0, 0.05) is 25.0 Å². The van der Waals surface area contributed by atoms with E-state index in [2.05, 4.69) is 29.2 Å². The molecule has 0 unspecified atom stereocenters. The van der Waals surface area contributed by atoms with Gasteiger partial charge in [-0.2, -0.15) is 5.10 Å². The van der Waals surface area contributed by atoms with Gasteiger partial charge in [0.2, 0.25) is 5.91 Å². The minimum Gasteiger partial charge on any atom is -0.354 e. The van der Waals surface area contributed by atoms with Gasteiger partial charge in [-0.1, -0.05) is 31.5 Å². The molecule has 2 heterocycles. The van der Waals surface area contributed by atoms with Gasteiger partial charge in [0.05, 0.1) is 16.7 Å². The van der Waals surface area contributed by atoms with Crippen molar-refractivity contribution in [1.29, 1.82) is 0 Å². The Morgan fingerprint density at radius 3 is 2.84 bits per heavy atom. The second kappa shape index (κ2) is 8.19. The van der Waals surface area contributed by atoms with E-state index in [1.54, 1.807) is 10.9 Å². The van der Waals surface area contributed by atoms with Crippen LogP contribution in [0, 0.1) is 11.8 Å².